The summed E-state index contributed by atoms with van der Waals surface area (Å²) in [6, 6.07) is 14.5. The van der Waals surface area contributed by atoms with Crippen LogP contribution in [0.15, 0.2) is 51.9 Å². The summed E-state index contributed by atoms with van der Waals surface area (Å²) in [5.74, 6) is -0.227. The molecule has 2 aromatic rings. The van der Waals surface area contributed by atoms with E-state index in [1.807, 2.05) is 30.3 Å². The molecule has 3 nitrogen and oxygen atoms in total. The molecule has 2 aromatic carbocycles. The van der Waals surface area contributed by atoms with Gasteiger partial charge in [-0.25, -0.2) is 0 Å². The SMILES string of the molecule is Nc1ccccc1C(=O)Nc1ccccc1C=C(Br)Br. The number of carbonyl (C=O) groups excluding carboxylic acids is 1. The second-order valence-corrected chi connectivity index (χ2v) is 6.84. The van der Waals surface area contributed by atoms with Gasteiger partial charge in [-0.15, -0.1) is 0 Å². The van der Waals surface area contributed by atoms with Gasteiger partial charge in [-0.2, -0.15) is 0 Å². The van der Waals surface area contributed by atoms with E-state index in [1.165, 1.54) is 0 Å². The number of para-hydroxylation sites is 2. The lowest BCUT2D eigenvalue weighted by Crippen LogP contribution is -2.14. The van der Waals surface area contributed by atoms with Gasteiger partial charge >= 0.3 is 0 Å². The number of carbonyl (C=O) groups is 1. The fourth-order valence-electron chi connectivity index (χ4n) is 1.75. The van der Waals surface area contributed by atoms with Crippen LogP contribution in [0.25, 0.3) is 6.08 Å². The van der Waals surface area contributed by atoms with Gasteiger partial charge in [-0.3, -0.25) is 4.79 Å². The number of rotatable bonds is 3. The van der Waals surface area contributed by atoms with Gasteiger partial charge in [0.2, 0.25) is 0 Å². The number of anilines is 2. The average molecular weight is 396 g/mol. The van der Waals surface area contributed by atoms with Crippen LogP contribution in [0.1, 0.15) is 15.9 Å². The van der Waals surface area contributed by atoms with Crippen molar-refractivity contribution >= 4 is 55.2 Å². The Bertz CT molecular complexity index is 664. The van der Waals surface area contributed by atoms with Crippen molar-refractivity contribution in [3.8, 4) is 0 Å². The first-order valence-corrected chi connectivity index (χ1v) is 7.44. The molecule has 1 amide bonds. The maximum absolute atomic E-state index is 12.2. The second-order valence-electron chi connectivity index (χ2n) is 4.06. The Kier molecular flexibility index (Phi) is 4.98. The van der Waals surface area contributed by atoms with E-state index in [-0.39, 0.29) is 5.91 Å². The third-order valence-electron chi connectivity index (χ3n) is 2.68. The number of amides is 1. The summed E-state index contributed by atoms with van der Waals surface area (Å²) in [4.78, 5) is 12.2. The van der Waals surface area contributed by atoms with Gasteiger partial charge in [-0.1, -0.05) is 30.3 Å². The zero-order chi connectivity index (χ0) is 14.5. The van der Waals surface area contributed by atoms with Gasteiger partial charge in [0.05, 0.1) is 8.96 Å². The van der Waals surface area contributed by atoms with Crippen molar-refractivity contribution in [2.45, 2.75) is 0 Å². The van der Waals surface area contributed by atoms with Gasteiger partial charge < -0.3 is 11.1 Å². The van der Waals surface area contributed by atoms with E-state index in [4.69, 9.17) is 5.73 Å². The molecule has 5 heteroatoms. The summed E-state index contributed by atoms with van der Waals surface area (Å²) in [7, 11) is 0. The molecule has 0 saturated heterocycles. The minimum Gasteiger partial charge on any atom is -0.398 e. The van der Waals surface area contributed by atoms with Crippen molar-refractivity contribution in [2.24, 2.45) is 0 Å². The molecule has 0 radical (unpaired) electrons. The third kappa shape index (κ3) is 3.71. The smallest absolute Gasteiger partial charge is 0.257 e. The highest BCUT2D eigenvalue weighted by atomic mass is 79.9. The molecule has 0 aliphatic carbocycles. The molecule has 0 bridgehead atoms. The number of nitrogens with two attached hydrogens (primary N) is 1. The standard InChI is InChI=1S/C15H12Br2N2O/c16-14(17)9-10-5-1-4-8-13(10)19-15(20)11-6-2-3-7-12(11)18/h1-9H,18H2,(H,19,20). The fraction of sp³-hybridized carbons (Fsp3) is 0. The monoisotopic (exact) mass is 394 g/mol. The van der Waals surface area contributed by atoms with Crippen molar-refractivity contribution in [1.29, 1.82) is 0 Å². The second kappa shape index (κ2) is 6.72. The molecule has 102 valence electrons. The van der Waals surface area contributed by atoms with Crippen molar-refractivity contribution < 1.29 is 4.79 Å². The molecule has 0 heterocycles. The first kappa shape index (κ1) is 14.8. The predicted octanol–water partition coefficient (Wildman–Crippen LogP) is 4.61. The third-order valence-corrected chi connectivity index (χ3v) is 3.14. The van der Waals surface area contributed by atoms with E-state index in [9.17, 15) is 4.79 Å². The van der Waals surface area contributed by atoms with E-state index in [2.05, 4.69) is 37.2 Å². The van der Waals surface area contributed by atoms with Crippen LogP contribution in [0.5, 0.6) is 0 Å². The van der Waals surface area contributed by atoms with Crippen LogP contribution in [-0.4, -0.2) is 5.91 Å². The fourth-order valence-corrected chi connectivity index (χ4v) is 2.24. The molecular weight excluding hydrogens is 384 g/mol. The Balaban J connectivity index is 2.29. The maximum Gasteiger partial charge on any atom is 0.257 e. The first-order chi connectivity index (χ1) is 9.58. The number of benzene rings is 2. The normalized spacial score (nSPS) is 9.90. The summed E-state index contributed by atoms with van der Waals surface area (Å²) in [6.07, 6.45) is 1.87. The largest absolute Gasteiger partial charge is 0.398 e. The Morgan fingerprint density at radius 3 is 2.40 bits per heavy atom. The molecule has 20 heavy (non-hydrogen) atoms. The molecule has 0 atom stereocenters. The minimum atomic E-state index is -0.227. The number of halogens is 2. The molecule has 0 spiro atoms. The zero-order valence-electron chi connectivity index (χ0n) is 10.4. The van der Waals surface area contributed by atoms with Gasteiger partial charge in [0.15, 0.2) is 0 Å². The lowest BCUT2D eigenvalue weighted by molar-refractivity contribution is 0.102. The number of nitrogen functional groups attached to an aromatic ring is 1. The van der Waals surface area contributed by atoms with E-state index >= 15 is 0 Å². The molecule has 0 aliphatic rings. The molecular formula is C15H12Br2N2O. The Hall–Kier alpha value is -1.59. The maximum atomic E-state index is 12.2. The highest BCUT2D eigenvalue weighted by Gasteiger charge is 2.10. The van der Waals surface area contributed by atoms with Crippen molar-refractivity contribution in [1.82, 2.24) is 0 Å². The van der Waals surface area contributed by atoms with E-state index < -0.39 is 0 Å². The minimum absolute atomic E-state index is 0.227. The lowest BCUT2D eigenvalue weighted by Gasteiger charge is -2.10. The van der Waals surface area contributed by atoms with Crippen LogP contribution in [0.3, 0.4) is 0 Å². The Morgan fingerprint density at radius 1 is 1.05 bits per heavy atom. The van der Waals surface area contributed by atoms with Crippen LogP contribution < -0.4 is 11.1 Å². The van der Waals surface area contributed by atoms with Crippen LogP contribution in [-0.2, 0) is 0 Å². The van der Waals surface area contributed by atoms with Crippen molar-refractivity contribution in [3.63, 3.8) is 0 Å². The van der Waals surface area contributed by atoms with Crippen molar-refractivity contribution in [2.75, 3.05) is 11.1 Å². The van der Waals surface area contributed by atoms with Crippen LogP contribution >= 0.6 is 31.9 Å². The highest BCUT2D eigenvalue weighted by molar-refractivity contribution is 9.28. The van der Waals surface area contributed by atoms with Crippen molar-refractivity contribution in [3.05, 3.63) is 63.0 Å². The molecule has 0 saturated carbocycles. The quantitative estimate of drug-likeness (QED) is 0.745. The summed E-state index contributed by atoms with van der Waals surface area (Å²) >= 11 is 6.63. The van der Waals surface area contributed by atoms with Gasteiger partial charge in [0, 0.05) is 11.4 Å². The summed E-state index contributed by atoms with van der Waals surface area (Å²) in [5, 5.41) is 2.87. The predicted molar refractivity (Wildman–Crippen MR) is 91.1 cm³/mol. The molecule has 0 aromatic heterocycles. The van der Waals surface area contributed by atoms with Crippen LogP contribution in [0.2, 0.25) is 0 Å². The Labute approximate surface area is 134 Å². The van der Waals surface area contributed by atoms with E-state index in [1.54, 1.807) is 24.3 Å². The Morgan fingerprint density at radius 2 is 1.70 bits per heavy atom. The summed E-state index contributed by atoms with van der Waals surface area (Å²) < 4.78 is 0.797. The number of hydrogen-bond acceptors (Lipinski definition) is 2. The molecule has 2 rings (SSSR count). The lowest BCUT2D eigenvalue weighted by atomic mass is 10.1. The number of nitrogens with one attached hydrogen (secondary N) is 1. The first-order valence-electron chi connectivity index (χ1n) is 5.85. The zero-order valence-corrected chi connectivity index (χ0v) is 13.6. The average Bonchev–Trinajstić information content (AvgIpc) is 2.41. The topological polar surface area (TPSA) is 55.1 Å². The molecule has 3 N–H and O–H groups in total. The van der Waals surface area contributed by atoms with Crippen LogP contribution in [0.4, 0.5) is 11.4 Å². The van der Waals surface area contributed by atoms with Gasteiger partial charge in [-0.05, 0) is 61.7 Å². The van der Waals surface area contributed by atoms with E-state index in [0.29, 0.717) is 11.3 Å². The molecule has 0 fully saturated rings. The summed E-state index contributed by atoms with van der Waals surface area (Å²) in [5.41, 5.74) is 8.33. The van der Waals surface area contributed by atoms with Gasteiger partial charge in [0.1, 0.15) is 0 Å². The summed E-state index contributed by atoms with van der Waals surface area (Å²) in [6.45, 7) is 0. The molecule has 0 unspecified atom stereocenters. The molecule has 0 aliphatic heterocycles. The van der Waals surface area contributed by atoms with Crippen LogP contribution in [0, 0.1) is 0 Å². The van der Waals surface area contributed by atoms with Gasteiger partial charge in [0.25, 0.3) is 5.91 Å². The number of hydrogen-bond donors (Lipinski definition) is 2. The van der Waals surface area contributed by atoms with E-state index in [0.717, 1.165) is 14.6 Å². The highest BCUT2D eigenvalue weighted by Crippen LogP contribution is 2.24.